The van der Waals surface area contributed by atoms with Crippen molar-refractivity contribution in [2.24, 2.45) is 4.99 Å². The lowest BCUT2D eigenvalue weighted by Gasteiger charge is -2.19. The second-order valence-electron chi connectivity index (χ2n) is 6.32. The molecule has 128 valence electrons. The number of guanidine groups is 1. The molecule has 2 aromatic rings. The van der Waals surface area contributed by atoms with Crippen LogP contribution in [0.1, 0.15) is 35.7 Å². The predicted octanol–water partition coefficient (Wildman–Crippen LogP) is 3.45. The molecule has 6 heteroatoms. The van der Waals surface area contributed by atoms with Gasteiger partial charge >= 0.3 is 0 Å². The van der Waals surface area contributed by atoms with Crippen molar-refractivity contribution in [2.75, 3.05) is 13.6 Å². The van der Waals surface area contributed by atoms with E-state index in [1.807, 2.05) is 13.8 Å². The Morgan fingerprint density at radius 2 is 2.12 bits per heavy atom. The van der Waals surface area contributed by atoms with Crippen LogP contribution in [-0.4, -0.2) is 24.5 Å². The van der Waals surface area contributed by atoms with E-state index in [1.54, 1.807) is 7.05 Å². The Hall–Kier alpha value is -1.82. The quantitative estimate of drug-likeness (QED) is 0.606. The van der Waals surface area contributed by atoms with Crippen LogP contribution in [-0.2, 0) is 12.0 Å². The zero-order valence-corrected chi connectivity index (χ0v) is 15.9. The number of oxazole rings is 1. The van der Waals surface area contributed by atoms with Crippen molar-refractivity contribution in [3.05, 3.63) is 51.6 Å². The van der Waals surface area contributed by atoms with Gasteiger partial charge in [-0.25, -0.2) is 4.98 Å². The lowest BCUT2D eigenvalue weighted by Crippen LogP contribution is -2.41. The average molecular weight is 391 g/mol. The SMILES string of the molecule is CN=C(NCc1nc(C)c(C)o1)NCC1(c2cccc(Br)c2)CC1. The van der Waals surface area contributed by atoms with E-state index < -0.39 is 0 Å². The lowest BCUT2D eigenvalue weighted by atomic mass is 9.96. The van der Waals surface area contributed by atoms with Crippen LogP contribution in [0.5, 0.6) is 0 Å². The molecule has 0 unspecified atom stereocenters. The number of hydrogen-bond donors (Lipinski definition) is 2. The fraction of sp³-hybridized carbons (Fsp3) is 0.444. The molecule has 1 fully saturated rings. The van der Waals surface area contributed by atoms with E-state index in [1.165, 1.54) is 18.4 Å². The summed E-state index contributed by atoms with van der Waals surface area (Å²) in [5.41, 5.74) is 2.53. The van der Waals surface area contributed by atoms with Gasteiger partial charge in [-0.1, -0.05) is 28.1 Å². The van der Waals surface area contributed by atoms with Crippen molar-refractivity contribution in [1.82, 2.24) is 15.6 Å². The number of aromatic nitrogens is 1. The third-order valence-corrected chi connectivity index (χ3v) is 5.08. The fourth-order valence-electron chi connectivity index (χ4n) is 2.78. The van der Waals surface area contributed by atoms with Gasteiger partial charge in [0.25, 0.3) is 0 Å². The van der Waals surface area contributed by atoms with E-state index in [0.29, 0.717) is 12.4 Å². The highest BCUT2D eigenvalue weighted by atomic mass is 79.9. The van der Waals surface area contributed by atoms with Crippen LogP contribution in [0.3, 0.4) is 0 Å². The highest BCUT2D eigenvalue weighted by Gasteiger charge is 2.44. The Labute approximate surface area is 151 Å². The predicted molar refractivity (Wildman–Crippen MR) is 99.2 cm³/mol. The largest absolute Gasteiger partial charge is 0.444 e. The molecule has 2 N–H and O–H groups in total. The maximum atomic E-state index is 5.59. The van der Waals surface area contributed by atoms with Crippen LogP contribution in [0.4, 0.5) is 0 Å². The lowest BCUT2D eigenvalue weighted by molar-refractivity contribution is 0.463. The third-order valence-electron chi connectivity index (χ3n) is 4.59. The first-order valence-electron chi connectivity index (χ1n) is 8.16. The highest BCUT2D eigenvalue weighted by molar-refractivity contribution is 9.10. The normalized spacial score (nSPS) is 16.1. The van der Waals surface area contributed by atoms with Gasteiger partial charge in [-0.15, -0.1) is 0 Å². The minimum atomic E-state index is 0.220. The van der Waals surface area contributed by atoms with Crippen molar-refractivity contribution >= 4 is 21.9 Å². The molecule has 0 aliphatic heterocycles. The first-order valence-corrected chi connectivity index (χ1v) is 8.95. The topological polar surface area (TPSA) is 62.5 Å². The molecule has 0 radical (unpaired) electrons. The summed E-state index contributed by atoms with van der Waals surface area (Å²) in [6.45, 7) is 5.27. The Balaban J connectivity index is 1.56. The van der Waals surface area contributed by atoms with Gasteiger partial charge in [-0.2, -0.15) is 0 Å². The molecule has 3 rings (SSSR count). The average Bonchev–Trinajstić information content (AvgIpc) is 3.29. The molecule has 1 aliphatic rings. The van der Waals surface area contributed by atoms with Gasteiger partial charge in [-0.3, -0.25) is 4.99 Å². The molecule has 1 aromatic heterocycles. The first kappa shape index (κ1) is 17.0. The minimum Gasteiger partial charge on any atom is -0.444 e. The van der Waals surface area contributed by atoms with Crippen LogP contribution in [0, 0.1) is 13.8 Å². The van der Waals surface area contributed by atoms with E-state index in [2.05, 4.69) is 60.8 Å². The fourth-order valence-corrected chi connectivity index (χ4v) is 3.18. The van der Waals surface area contributed by atoms with Crippen molar-refractivity contribution in [3.8, 4) is 0 Å². The smallest absolute Gasteiger partial charge is 0.214 e. The second-order valence-corrected chi connectivity index (χ2v) is 7.23. The molecule has 0 atom stereocenters. The Morgan fingerprint density at radius 3 is 2.71 bits per heavy atom. The van der Waals surface area contributed by atoms with E-state index in [9.17, 15) is 0 Å². The monoisotopic (exact) mass is 390 g/mol. The molecular weight excluding hydrogens is 368 g/mol. The molecule has 0 amide bonds. The summed E-state index contributed by atoms with van der Waals surface area (Å²) < 4.78 is 6.72. The summed E-state index contributed by atoms with van der Waals surface area (Å²) in [6.07, 6.45) is 2.40. The first-order chi connectivity index (χ1) is 11.5. The number of aliphatic imine (C=N–C) groups is 1. The number of halogens is 1. The molecule has 0 spiro atoms. The number of benzene rings is 1. The summed E-state index contributed by atoms with van der Waals surface area (Å²) in [5.74, 6) is 2.31. The van der Waals surface area contributed by atoms with Crippen molar-refractivity contribution < 1.29 is 4.42 Å². The van der Waals surface area contributed by atoms with E-state index in [-0.39, 0.29) is 5.41 Å². The summed E-state index contributed by atoms with van der Waals surface area (Å²) in [6, 6.07) is 8.57. The summed E-state index contributed by atoms with van der Waals surface area (Å²) in [5, 5.41) is 6.70. The van der Waals surface area contributed by atoms with Crippen LogP contribution >= 0.6 is 15.9 Å². The molecule has 1 aliphatic carbocycles. The maximum absolute atomic E-state index is 5.59. The van der Waals surface area contributed by atoms with Gasteiger partial charge < -0.3 is 15.1 Å². The summed E-state index contributed by atoms with van der Waals surface area (Å²) in [7, 11) is 1.78. The molecule has 1 heterocycles. The zero-order valence-electron chi connectivity index (χ0n) is 14.3. The van der Waals surface area contributed by atoms with Crippen molar-refractivity contribution in [1.29, 1.82) is 0 Å². The van der Waals surface area contributed by atoms with Crippen LogP contribution < -0.4 is 10.6 Å². The summed E-state index contributed by atoms with van der Waals surface area (Å²) >= 11 is 3.56. The van der Waals surface area contributed by atoms with Gasteiger partial charge in [0.15, 0.2) is 5.96 Å². The standard InChI is InChI=1S/C18H23BrN4O/c1-12-13(2)24-16(23-12)10-21-17(20-3)22-11-18(7-8-18)14-5-4-6-15(19)9-14/h4-6,9H,7-8,10-11H2,1-3H3,(H2,20,21,22). The van der Waals surface area contributed by atoms with E-state index in [4.69, 9.17) is 4.42 Å². The van der Waals surface area contributed by atoms with Gasteiger partial charge in [-0.05, 0) is 44.4 Å². The van der Waals surface area contributed by atoms with Crippen molar-refractivity contribution in [2.45, 2.75) is 38.6 Å². The third kappa shape index (κ3) is 3.80. The molecular formula is C18H23BrN4O. The molecule has 24 heavy (non-hydrogen) atoms. The highest BCUT2D eigenvalue weighted by Crippen LogP contribution is 2.48. The molecule has 1 aromatic carbocycles. The van der Waals surface area contributed by atoms with E-state index >= 15 is 0 Å². The number of nitrogens with zero attached hydrogens (tertiary/aromatic N) is 2. The van der Waals surface area contributed by atoms with Gasteiger partial charge in [0.05, 0.1) is 12.2 Å². The number of hydrogen-bond acceptors (Lipinski definition) is 3. The van der Waals surface area contributed by atoms with Gasteiger partial charge in [0.1, 0.15) is 5.76 Å². The molecule has 0 saturated heterocycles. The molecule has 0 bridgehead atoms. The zero-order chi connectivity index (χ0) is 17.2. The number of rotatable bonds is 5. The number of nitrogens with one attached hydrogen (secondary N) is 2. The Bertz CT molecular complexity index is 730. The van der Waals surface area contributed by atoms with Gasteiger partial charge in [0, 0.05) is 23.5 Å². The molecule has 1 saturated carbocycles. The number of aryl methyl sites for hydroxylation is 2. The Morgan fingerprint density at radius 1 is 1.33 bits per heavy atom. The van der Waals surface area contributed by atoms with Crippen LogP contribution in [0.25, 0.3) is 0 Å². The minimum absolute atomic E-state index is 0.220. The summed E-state index contributed by atoms with van der Waals surface area (Å²) in [4.78, 5) is 8.67. The van der Waals surface area contributed by atoms with E-state index in [0.717, 1.165) is 28.4 Å². The second kappa shape index (κ2) is 6.97. The van der Waals surface area contributed by atoms with Gasteiger partial charge in [0.2, 0.25) is 5.89 Å². The molecule has 5 nitrogen and oxygen atoms in total. The van der Waals surface area contributed by atoms with Crippen LogP contribution in [0.2, 0.25) is 0 Å². The van der Waals surface area contributed by atoms with Crippen LogP contribution in [0.15, 0.2) is 38.1 Å². The van der Waals surface area contributed by atoms with Crippen molar-refractivity contribution in [3.63, 3.8) is 0 Å². The Kier molecular flexibility index (Phi) is 4.94. The maximum Gasteiger partial charge on any atom is 0.214 e.